The second-order valence-corrected chi connectivity index (χ2v) is 12.2. The topological polar surface area (TPSA) is 49.4 Å². The molecule has 0 bridgehead atoms. The number of nitrogens with zero attached hydrogens (tertiary/aromatic N) is 1. The number of amides is 1. The summed E-state index contributed by atoms with van der Waals surface area (Å²) >= 11 is 0. The Morgan fingerprint density at radius 1 is 0.791 bits per heavy atom. The Labute approximate surface area is 256 Å². The lowest BCUT2D eigenvalue weighted by atomic mass is 9.80. The zero-order valence-corrected chi connectivity index (χ0v) is 25.0. The molecular formula is C39H42N2O2. The van der Waals surface area contributed by atoms with Gasteiger partial charge in [0, 0.05) is 29.5 Å². The molecule has 2 aliphatic rings. The Bertz CT molecular complexity index is 1460. The van der Waals surface area contributed by atoms with Gasteiger partial charge in [0.15, 0.2) is 5.78 Å². The molecule has 1 amide bonds. The van der Waals surface area contributed by atoms with Crippen LogP contribution in [0.1, 0.15) is 86.9 Å². The van der Waals surface area contributed by atoms with E-state index in [2.05, 4.69) is 89.1 Å². The van der Waals surface area contributed by atoms with Crippen molar-refractivity contribution in [3.63, 3.8) is 0 Å². The van der Waals surface area contributed by atoms with Gasteiger partial charge in [-0.2, -0.15) is 0 Å². The molecule has 1 unspecified atom stereocenters. The van der Waals surface area contributed by atoms with Crippen LogP contribution >= 0.6 is 0 Å². The summed E-state index contributed by atoms with van der Waals surface area (Å²) < 4.78 is 0. The van der Waals surface area contributed by atoms with Crippen molar-refractivity contribution in [1.82, 2.24) is 10.2 Å². The highest BCUT2D eigenvalue weighted by atomic mass is 16.1. The summed E-state index contributed by atoms with van der Waals surface area (Å²) in [5.74, 6) is 1.13. The summed E-state index contributed by atoms with van der Waals surface area (Å²) in [5.41, 5.74) is 6.43. The van der Waals surface area contributed by atoms with E-state index in [-0.39, 0.29) is 23.5 Å². The molecule has 4 heteroatoms. The Morgan fingerprint density at radius 2 is 1.42 bits per heavy atom. The van der Waals surface area contributed by atoms with Gasteiger partial charge in [0.2, 0.25) is 0 Å². The summed E-state index contributed by atoms with van der Waals surface area (Å²) in [5, 5.41) is 3.14. The molecule has 6 rings (SSSR count). The zero-order chi connectivity index (χ0) is 29.4. The van der Waals surface area contributed by atoms with Gasteiger partial charge in [0.1, 0.15) is 0 Å². The van der Waals surface area contributed by atoms with E-state index in [1.165, 1.54) is 29.5 Å². The van der Waals surface area contributed by atoms with E-state index in [0.717, 1.165) is 56.4 Å². The maximum absolute atomic E-state index is 13.4. The molecular weight excluding hydrogens is 528 g/mol. The molecule has 0 radical (unpaired) electrons. The van der Waals surface area contributed by atoms with Crippen LogP contribution in [0.15, 0.2) is 109 Å². The number of ketones is 1. The minimum atomic E-state index is -0.0730. The van der Waals surface area contributed by atoms with Gasteiger partial charge < -0.3 is 10.2 Å². The number of aryl methyl sites for hydroxylation is 1. The van der Waals surface area contributed by atoms with E-state index in [9.17, 15) is 9.59 Å². The van der Waals surface area contributed by atoms with Crippen LogP contribution in [0.3, 0.4) is 0 Å². The Kier molecular flexibility index (Phi) is 9.44. The number of Topliss-reactive ketones (excluding diaryl/α,β-unsaturated/α-hetero) is 1. The predicted octanol–water partition coefficient (Wildman–Crippen LogP) is 7.65. The minimum Gasteiger partial charge on any atom is -0.352 e. The van der Waals surface area contributed by atoms with Gasteiger partial charge in [-0.15, -0.1) is 0 Å². The molecule has 0 spiro atoms. The highest BCUT2D eigenvalue weighted by molar-refractivity contribution is 6.02. The number of benzene rings is 4. The Hall–Kier alpha value is -4.02. The second kappa shape index (κ2) is 14.0. The van der Waals surface area contributed by atoms with E-state index in [4.69, 9.17) is 0 Å². The fourth-order valence-electron chi connectivity index (χ4n) is 7.02. The highest BCUT2D eigenvalue weighted by Crippen LogP contribution is 2.31. The van der Waals surface area contributed by atoms with Crippen molar-refractivity contribution in [2.75, 3.05) is 26.2 Å². The number of likely N-dealkylation sites (tertiary alicyclic amines) is 1. The number of fused-ring (bicyclic) bond motifs is 1. The maximum Gasteiger partial charge on any atom is 0.251 e. The molecule has 1 atom stereocenters. The molecule has 1 aliphatic carbocycles. The van der Waals surface area contributed by atoms with Gasteiger partial charge in [-0.1, -0.05) is 97.1 Å². The summed E-state index contributed by atoms with van der Waals surface area (Å²) in [6.07, 6.45) is 5.83. The molecule has 1 N–H and O–H groups in total. The quantitative estimate of drug-likeness (QED) is 0.213. The van der Waals surface area contributed by atoms with Crippen LogP contribution in [-0.4, -0.2) is 42.8 Å². The number of carbonyl (C=O) groups is 2. The predicted molar refractivity (Wildman–Crippen MR) is 174 cm³/mol. The standard InChI is InChI=1S/C39H42N2O2/c42-38-33(23-27-41-25-21-30(22-26-41)29-10-4-1-5-11-29)16-17-34-28-35(18-19-37(34)38)39(43)40-24-20-36(31-12-6-2-7-13-31)32-14-8-3-9-15-32/h1-15,18-19,28,30,33,36H,16-17,20-27H2,(H,40,43). The summed E-state index contributed by atoms with van der Waals surface area (Å²) in [4.78, 5) is 29.1. The molecule has 220 valence electrons. The van der Waals surface area contributed by atoms with E-state index in [0.29, 0.717) is 18.0 Å². The number of carbonyl (C=O) groups excluding carboxylic acids is 2. The summed E-state index contributed by atoms with van der Waals surface area (Å²) in [6, 6.07) is 37.5. The number of rotatable bonds is 10. The van der Waals surface area contributed by atoms with Gasteiger partial charge in [-0.05, 0) is 98.5 Å². The lowest BCUT2D eigenvalue weighted by molar-refractivity contribution is 0.0875. The molecule has 4 aromatic rings. The monoisotopic (exact) mass is 570 g/mol. The Morgan fingerprint density at radius 3 is 2.07 bits per heavy atom. The van der Waals surface area contributed by atoms with Crippen molar-refractivity contribution in [2.45, 2.75) is 50.4 Å². The number of nitrogens with one attached hydrogen (secondary N) is 1. The first-order valence-corrected chi connectivity index (χ1v) is 16.0. The second-order valence-electron chi connectivity index (χ2n) is 12.2. The molecule has 0 aromatic heterocycles. The highest BCUT2D eigenvalue weighted by Gasteiger charge is 2.29. The number of hydrogen-bond acceptors (Lipinski definition) is 3. The van der Waals surface area contributed by atoms with E-state index in [1.807, 2.05) is 30.3 Å². The van der Waals surface area contributed by atoms with Crippen LogP contribution in [0.5, 0.6) is 0 Å². The van der Waals surface area contributed by atoms with Gasteiger partial charge in [0.05, 0.1) is 0 Å². The molecule has 4 nitrogen and oxygen atoms in total. The fourth-order valence-corrected chi connectivity index (χ4v) is 7.02. The van der Waals surface area contributed by atoms with Crippen molar-refractivity contribution in [2.24, 2.45) is 5.92 Å². The normalized spacial score (nSPS) is 17.5. The van der Waals surface area contributed by atoms with Gasteiger partial charge in [-0.3, -0.25) is 9.59 Å². The van der Waals surface area contributed by atoms with E-state index in [1.54, 1.807) is 0 Å². The fraction of sp³-hybridized carbons (Fsp3) is 0.333. The largest absolute Gasteiger partial charge is 0.352 e. The van der Waals surface area contributed by atoms with Crippen molar-refractivity contribution in [3.8, 4) is 0 Å². The third kappa shape index (κ3) is 7.14. The first kappa shape index (κ1) is 29.1. The average Bonchev–Trinajstić information content (AvgIpc) is 3.07. The maximum atomic E-state index is 13.4. The van der Waals surface area contributed by atoms with Crippen molar-refractivity contribution < 1.29 is 9.59 Å². The average molecular weight is 571 g/mol. The first-order valence-electron chi connectivity index (χ1n) is 16.0. The van der Waals surface area contributed by atoms with Crippen LogP contribution in [0.25, 0.3) is 0 Å². The van der Waals surface area contributed by atoms with Gasteiger partial charge in [-0.25, -0.2) is 0 Å². The van der Waals surface area contributed by atoms with Crippen molar-refractivity contribution in [3.05, 3.63) is 143 Å². The van der Waals surface area contributed by atoms with Crippen LogP contribution in [-0.2, 0) is 6.42 Å². The van der Waals surface area contributed by atoms with Crippen LogP contribution in [0.4, 0.5) is 0 Å². The minimum absolute atomic E-state index is 0.0730. The SMILES string of the molecule is O=C(NCCC(c1ccccc1)c1ccccc1)c1ccc2c(c1)CCC(CCN1CCC(c3ccccc3)CC1)C2=O. The van der Waals surface area contributed by atoms with Crippen LogP contribution < -0.4 is 5.32 Å². The smallest absolute Gasteiger partial charge is 0.251 e. The molecule has 1 saturated heterocycles. The summed E-state index contributed by atoms with van der Waals surface area (Å²) in [6.45, 7) is 3.77. The lowest BCUT2D eigenvalue weighted by Gasteiger charge is -2.33. The summed E-state index contributed by atoms with van der Waals surface area (Å²) in [7, 11) is 0. The third-order valence-corrected chi connectivity index (χ3v) is 9.54. The van der Waals surface area contributed by atoms with Crippen LogP contribution in [0.2, 0.25) is 0 Å². The lowest BCUT2D eigenvalue weighted by Crippen LogP contribution is -2.35. The zero-order valence-electron chi connectivity index (χ0n) is 25.0. The molecule has 4 aromatic carbocycles. The first-order chi connectivity index (χ1) is 21.2. The van der Waals surface area contributed by atoms with Crippen LogP contribution in [0, 0.1) is 5.92 Å². The molecule has 1 fully saturated rings. The van der Waals surface area contributed by atoms with E-state index < -0.39 is 0 Å². The van der Waals surface area contributed by atoms with Gasteiger partial charge >= 0.3 is 0 Å². The Balaban J connectivity index is 1.00. The van der Waals surface area contributed by atoms with Gasteiger partial charge in [0.25, 0.3) is 5.91 Å². The van der Waals surface area contributed by atoms with Crippen molar-refractivity contribution >= 4 is 11.7 Å². The van der Waals surface area contributed by atoms with E-state index >= 15 is 0 Å². The molecule has 1 aliphatic heterocycles. The number of hydrogen-bond donors (Lipinski definition) is 1. The third-order valence-electron chi connectivity index (χ3n) is 9.54. The molecule has 43 heavy (non-hydrogen) atoms. The molecule has 0 saturated carbocycles. The van der Waals surface area contributed by atoms with Crippen molar-refractivity contribution in [1.29, 1.82) is 0 Å². The molecule has 1 heterocycles. The number of piperidine rings is 1.